The van der Waals surface area contributed by atoms with Crippen molar-refractivity contribution in [3.05, 3.63) is 51.7 Å². The van der Waals surface area contributed by atoms with Gasteiger partial charge in [0, 0.05) is 29.7 Å². The van der Waals surface area contributed by atoms with Crippen molar-refractivity contribution in [2.75, 3.05) is 12.3 Å². The van der Waals surface area contributed by atoms with Crippen molar-refractivity contribution in [1.29, 1.82) is 0 Å². The van der Waals surface area contributed by atoms with Crippen LogP contribution in [0.2, 0.25) is 0 Å². The van der Waals surface area contributed by atoms with Crippen LogP contribution >= 0.6 is 11.3 Å². The molecule has 1 saturated carbocycles. The first-order valence-electron chi connectivity index (χ1n) is 7.46. The summed E-state index contributed by atoms with van der Waals surface area (Å²) in [6.45, 7) is 2.18. The Balaban J connectivity index is 1.65. The van der Waals surface area contributed by atoms with Crippen LogP contribution in [0.25, 0.3) is 0 Å². The number of nitrogens with two attached hydrogens (primary N) is 1. The Labute approximate surface area is 124 Å². The molecule has 1 unspecified atom stereocenters. The number of hydrogen-bond acceptors (Lipinski definition) is 3. The van der Waals surface area contributed by atoms with Gasteiger partial charge < -0.3 is 5.73 Å². The smallest absolute Gasteiger partial charge is 0.0473 e. The van der Waals surface area contributed by atoms with Crippen LogP contribution in [0.1, 0.15) is 34.9 Å². The van der Waals surface area contributed by atoms with Gasteiger partial charge in [0.1, 0.15) is 0 Å². The number of rotatable bonds is 3. The van der Waals surface area contributed by atoms with Gasteiger partial charge in [-0.2, -0.15) is 0 Å². The normalized spacial score (nSPS) is 20.6. The molecular weight excluding hydrogens is 264 g/mol. The molecule has 0 bridgehead atoms. The molecule has 3 heteroatoms. The van der Waals surface area contributed by atoms with Crippen molar-refractivity contribution >= 4 is 17.0 Å². The zero-order valence-corrected chi connectivity index (χ0v) is 12.4. The van der Waals surface area contributed by atoms with Crippen molar-refractivity contribution in [3.63, 3.8) is 0 Å². The third kappa shape index (κ3) is 2.15. The molecule has 20 heavy (non-hydrogen) atoms. The van der Waals surface area contributed by atoms with Crippen molar-refractivity contribution < 1.29 is 0 Å². The summed E-state index contributed by atoms with van der Waals surface area (Å²) in [5, 5.41) is 2.21. The minimum absolute atomic E-state index is 0.614. The molecule has 2 N–H and O–H groups in total. The molecule has 2 aromatic rings. The largest absolute Gasteiger partial charge is 0.398 e. The third-order valence-corrected chi connectivity index (χ3v) is 5.58. The first-order chi connectivity index (χ1) is 9.83. The van der Waals surface area contributed by atoms with Gasteiger partial charge in [-0.25, -0.2) is 0 Å². The Morgan fingerprint density at radius 2 is 2.10 bits per heavy atom. The average Bonchev–Trinajstić information content (AvgIpc) is 3.14. The molecule has 1 aromatic heterocycles. The van der Waals surface area contributed by atoms with Crippen LogP contribution in [-0.2, 0) is 13.0 Å². The zero-order valence-electron chi connectivity index (χ0n) is 11.6. The van der Waals surface area contributed by atoms with Crippen LogP contribution in [-0.4, -0.2) is 11.4 Å². The summed E-state index contributed by atoms with van der Waals surface area (Å²) in [4.78, 5) is 4.19. The highest BCUT2D eigenvalue weighted by molar-refractivity contribution is 7.10. The number of nitrogens with zero attached hydrogens (tertiary/aromatic N) is 1. The van der Waals surface area contributed by atoms with Gasteiger partial charge in [-0.15, -0.1) is 11.3 Å². The summed E-state index contributed by atoms with van der Waals surface area (Å²) >= 11 is 1.91. The van der Waals surface area contributed by atoms with Gasteiger partial charge in [-0.3, -0.25) is 4.90 Å². The second-order valence-corrected chi connectivity index (χ2v) is 6.98. The van der Waals surface area contributed by atoms with E-state index in [1.54, 1.807) is 0 Å². The number of benzene rings is 1. The van der Waals surface area contributed by atoms with E-state index in [-0.39, 0.29) is 0 Å². The lowest BCUT2D eigenvalue weighted by Gasteiger charge is -2.36. The van der Waals surface area contributed by atoms with Gasteiger partial charge in [-0.05, 0) is 53.8 Å². The summed E-state index contributed by atoms with van der Waals surface area (Å²) in [5.74, 6) is 0.861. The van der Waals surface area contributed by atoms with E-state index in [0.29, 0.717) is 6.04 Å². The van der Waals surface area contributed by atoms with Crippen molar-refractivity contribution in [3.8, 4) is 0 Å². The summed E-state index contributed by atoms with van der Waals surface area (Å²) in [5.41, 5.74) is 9.96. The number of nitrogen functional groups attached to an aromatic ring is 1. The van der Waals surface area contributed by atoms with Crippen LogP contribution in [0, 0.1) is 5.92 Å². The maximum Gasteiger partial charge on any atom is 0.0473 e. The highest BCUT2D eigenvalue weighted by Crippen LogP contribution is 2.47. The highest BCUT2D eigenvalue weighted by atomic mass is 32.1. The second kappa shape index (κ2) is 4.90. The van der Waals surface area contributed by atoms with Crippen LogP contribution in [0.15, 0.2) is 35.7 Å². The van der Waals surface area contributed by atoms with Crippen molar-refractivity contribution in [2.24, 2.45) is 5.92 Å². The minimum atomic E-state index is 0.614. The first kappa shape index (κ1) is 12.4. The van der Waals surface area contributed by atoms with Gasteiger partial charge in [0.15, 0.2) is 0 Å². The van der Waals surface area contributed by atoms with Crippen LogP contribution < -0.4 is 5.73 Å². The zero-order chi connectivity index (χ0) is 13.5. The monoisotopic (exact) mass is 284 g/mol. The number of thiophene rings is 1. The molecule has 4 rings (SSSR count). The molecule has 0 amide bonds. The summed E-state index contributed by atoms with van der Waals surface area (Å²) in [6, 6.07) is 11.5. The molecule has 1 fully saturated rings. The molecule has 1 aromatic carbocycles. The molecule has 0 saturated heterocycles. The number of hydrogen-bond donors (Lipinski definition) is 1. The highest BCUT2D eigenvalue weighted by Gasteiger charge is 2.38. The van der Waals surface area contributed by atoms with E-state index in [0.717, 1.165) is 31.1 Å². The van der Waals surface area contributed by atoms with Gasteiger partial charge >= 0.3 is 0 Å². The summed E-state index contributed by atoms with van der Waals surface area (Å²) in [7, 11) is 0. The summed E-state index contributed by atoms with van der Waals surface area (Å²) in [6.07, 6.45) is 3.90. The molecule has 1 atom stereocenters. The van der Waals surface area contributed by atoms with E-state index in [1.165, 1.54) is 28.8 Å². The molecular formula is C17H20N2S. The van der Waals surface area contributed by atoms with Crippen LogP contribution in [0.5, 0.6) is 0 Å². The lowest BCUT2D eigenvalue weighted by Crippen LogP contribution is -2.35. The first-order valence-corrected chi connectivity index (χ1v) is 8.34. The van der Waals surface area contributed by atoms with Crippen LogP contribution in [0.3, 0.4) is 0 Å². The molecule has 0 radical (unpaired) electrons. The van der Waals surface area contributed by atoms with E-state index in [4.69, 9.17) is 5.73 Å². The van der Waals surface area contributed by atoms with Crippen LogP contribution in [0.4, 0.5) is 5.69 Å². The third-order valence-electron chi connectivity index (χ3n) is 4.64. The van der Waals surface area contributed by atoms with Gasteiger partial charge in [0.05, 0.1) is 0 Å². The maximum absolute atomic E-state index is 6.19. The average molecular weight is 284 g/mol. The lowest BCUT2D eigenvalue weighted by atomic mass is 9.95. The Bertz CT molecular complexity index is 601. The molecule has 2 heterocycles. The predicted octanol–water partition coefficient (Wildman–Crippen LogP) is 3.84. The van der Waals surface area contributed by atoms with Gasteiger partial charge in [0.2, 0.25) is 0 Å². The van der Waals surface area contributed by atoms with E-state index in [9.17, 15) is 0 Å². The molecule has 1 aliphatic carbocycles. The lowest BCUT2D eigenvalue weighted by molar-refractivity contribution is 0.163. The fourth-order valence-corrected chi connectivity index (χ4v) is 4.40. The number of anilines is 1. The van der Waals surface area contributed by atoms with Gasteiger partial charge in [-0.1, -0.05) is 18.2 Å². The molecule has 0 spiro atoms. The molecule has 1 aliphatic heterocycles. The quantitative estimate of drug-likeness (QED) is 0.868. The minimum Gasteiger partial charge on any atom is -0.398 e. The van der Waals surface area contributed by atoms with E-state index in [1.807, 2.05) is 17.4 Å². The van der Waals surface area contributed by atoms with E-state index in [2.05, 4.69) is 34.5 Å². The Hall–Kier alpha value is -1.32. The van der Waals surface area contributed by atoms with Gasteiger partial charge in [0.25, 0.3) is 0 Å². The molecule has 2 nitrogen and oxygen atoms in total. The topological polar surface area (TPSA) is 29.3 Å². The summed E-state index contributed by atoms with van der Waals surface area (Å²) < 4.78 is 0. The standard InChI is InChI=1S/C17H20N2S/c18-15-4-1-3-12-8-9-19(11-14(12)15)17(13-6-7-13)16-5-2-10-20-16/h1-5,10,13,17H,6-9,11,18H2. The van der Waals surface area contributed by atoms with E-state index < -0.39 is 0 Å². The Morgan fingerprint density at radius 1 is 1.20 bits per heavy atom. The van der Waals surface area contributed by atoms with E-state index >= 15 is 0 Å². The molecule has 2 aliphatic rings. The predicted molar refractivity (Wildman–Crippen MR) is 84.8 cm³/mol. The maximum atomic E-state index is 6.19. The number of fused-ring (bicyclic) bond motifs is 1. The van der Waals surface area contributed by atoms with Crippen molar-refractivity contribution in [1.82, 2.24) is 4.90 Å². The second-order valence-electron chi connectivity index (χ2n) is 6.00. The Morgan fingerprint density at radius 3 is 2.85 bits per heavy atom. The molecule has 104 valence electrons. The van der Waals surface area contributed by atoms with Crippen molar-refractivity contribution in [2.45, 2.75) is 31.8 Å². The fraction of sp³-hybridized carbons (Fsp3) is 0.412. The Kier molecular flexibility index (Phi) is 3.04. The SMILES string of the molecule is Nc1cccc2c1CN(C(c1cccs1)C1CC1)CC2. The fourth-order valence-electron chi connectivity index (χ4n) is 3.45.